The van der Waals surface area contributed by atoms with Crippen LogP contribution in [0.1, 0.15) is 49.5 Å². The number of nitrogens with one attached hydrogen (secondary N) is 1. The number of methoxy groups -OCH3 is 1. The lowest BCUT2D eigenvalue weighted by molar-refractivity contribution is -0.140. The van der Waals surface area contributed by atoms with Gasteiger partial charge in [-0.05, 0) is 49.1 Å². The summed E-state index contributed by atoms with van der Waals surface area (Å²) in [6.45, 7) is 6.17. The molecule has 0 fully saturated rings. The van der Waals surface area contributed by atoms with Gasteiger partial charge < -0.3 is 15.0 Å². The summed E-state index contributed by atoms with van der Waals surface area (Å²) in [5.74, 6) is -0.283. The van der Waals surface area contributed by atoms with E-state index < -0.39 is 22.0 Å². The molecule has 0 unspecified atom stereocenters. The molecule has 0 bridgehead atoms. The van der Waals surface area contributed by atoms with E-state index in [-0.39, 0.29) is 54.1 Å². The fourth-order valence-electron chi connectivity index (χ4n) is 3.97. The van der Waals surface area contributed by atoms with Crippen LogP contribution < -0.4 is 10.1 Å². The van der Waals surface area contributed by atoms with Crippen LogP contribution in [0.2, 0.25) is 0 Å². The average molecular weight is 516 g/mol. The maximum absolute atomic E-state index is 13.3. The quantitative estimate of drug-likeness (QED) is 0.492. The fourth-order valence-corrected chi connectivity index (χ4v) is 5.58. The second-order valence-electron chi connectivity index (χ2n) is 9.17. The van der Waals surface area contributed by atoms with Crippen LogP contribution in [0.15, 0.2) is 53.4 Å². The van der Waals surface area contributed by atoms with E-state index in [0.717, 1.165) is 9.87 Å². The molecule has 0 radical (unpaired) electrons. The molecule has 0 aliphatic carbocycles. The SMILES string of the molecule is COc1cccc(CN(C(=O)CCCN2C(=O)c3ccccc3S2(=O)=O)[C@H](C)C(=O)NCC(C)C)c1. The molecule has 0 saturated heterocycles. The number of amides is 3. The Balaban J connectivity index is 1.71. The Morgan fingerprint density at radius 1 is 1.08 bits per heavy atom. The van der Waals surface area contributed by atoms with Gasteiger partial charge in [-0.1, -0.05) is 38.1 Å². The minimum Gasteiger partial charge on any atom is -0.497 e. The van der Waals surface area contributed by atoms with Gasteiger partial charge in [0.15, 0.2) is 0 Å². The van der Waals surface area contributed by atoms with Gasteiger partial charge in [0.25, 0.3) is 15.9 Å². The van der Waals surface area contributed by atoms with E-state index in [0.29, 0.717) is 12.3 Å². The number of sulfonamides is 1. The van der Waals surface area contributed by atoms with Crippen LogP contribution in [0.4, 0.5) is 0 Å². The monoisotopic (exact) mass is 515 g/mol. The lowest BCUT2D eigenvalue weighted by Gasteiger charge is -2.29. The van der Waals surface area contributed by atoms with Gasteiger partial charge in [-0.3, -0.25) is 14.4 Å². The zero-order valence-corrected chi connectivity index (χ0v) is 21.9. The molecule has 1 atom stereocenters. The van der Waals surface area contributed by atoms with Crippen LogP contribution in [0.5, 0.6) is 5.75 Å². The van der Waals surface area contributed by atoms with E-state index in [1.165, 1.54) is 17.0 Å². The Morgan fingerprint density at radius 3 is 2.47 bits per heavy atom. The average Bonchev–Trinajstić information content (AvgIpc) is 3.06. The molecule has 2 aromatic rings. The van der Waals surface area contributed by atoms with Crippen molar-refractivity contribution in [1.82, 2.24) is 14.5 Å². The van der Waals surface area contributed by atoms with Crippen LogP contribution in [-0.4, -0.2) is 61.6 Å². The summed E-state index contributed by atoms with van der Waals surface area (Å²) in [5.41, 5.74) is 0.929. The molecular formula is C26H33N3O6S. The van der Waals surface area contributed by atoms with Gasteiger partial charge in [-0.2, -0.15) is 0 Å². The van der Waals surface area contributed by atoms with Crippen molar-refractivity contribution in [3.05, 3.63) is 59.7 Å². The summed E-state index contributed by atoms with van der Waals surface area (Å²) in [7, 11) is -2.38. The molecule has 1 heterocycles. The zero-order valence-electron chi connectivity index (χ0n) is 21.1. The number of carbonyl (C=O) groups excluding carboxylic acids is 3. The number of fused-ring (bicyclic) bond motifs is 1. The fraction of sp³-hybridized carbons (Fsp3) is 0.423. The van der Waals surface area contributed by atoms with Gasteiger partial charge in [-0.25, -0.2) is 12.7 Å². The van der Waals surface area contributed by atoms with Gasteiger partial charge in [-0.15, -0.1) is 0 Å². The normalized spacial score (nSPS) is 14.9. The highest BCUT2D eigenvalue weighted by atomic mass is 32.2. The molecule has 0 saturated carbocycles. The van der Waals surface area contributed by atoms with Crippen molar-refractivity contribution in [2.45, 2.75) is 51.1 Å². The van der Waals surface area contributed by atoms with Crippen LogP contribution in [-0.2, 0) is 26.2 Å². The third-order valence-corrected chi connectivity index (χ3v) is 7.84. The molecule has 0 aromatic heterocycles. The van der Waals surface area contributed by atoms with Gasteiger partial charge in [0.1, 0.15) is 16.7 Å². The number of rotatable bonds is 11. The highest BCUT2D eigenvalue weighted by Crippen LogP contribution is 2.30. The van der Waals surface area contributed by atoms with E-state index in [2.05, 4.69) is 5.32 Å². The predicted octanol–water partition coefficient (Wildman–Crippen LogP) is 2.81. The smallest absolute Gasteiger partial charge is 0.269 e. The number of hydrogen-bond acceptors (Lipinski definition) is 6. The Hall–Kier alpha value is -3.40. The van der Waals surface area contributed by atoms with Crippen molar-refractivity contribution in [2.75, 3.05) is 20.2 Å². The zero-order chi connectivity index (χ0) is 26.5. The first-order valence-electron chi connectivity index (χ1n) is 11.9. The van der Waals surface area contributed by atoms with Crippen LogP contribution in [0.3, 0.4) is 0 Å². The van der Waals surface area contributed by atoms with Crippen molar-refractivity contribution in [2.24, 2.45) is 5.92 Å². The van der Waals surface area contributed by atoms with Crippen molar-refractivity contribution in [3.8, 4) is 5.75 Å². The summed E-state index contributed by atoms with van der Waals surface area (Å²) in [4.78, 5) is 40.2. The maximum atomic E-state index is 13.3. The molecule has 1 aliphatic heterocycles. The van der Waals surface area contributed by atoms with E-state index in [1.54, 1.807) is 38.3 Å². The lowest BCUT2D eigenvalue weighted by Crippen LogP contribution is -2.48. The van der Waals surface area contributed by atoms with E-state index >= 15 is 0 Å². The summed E-state index contributed by atoms with van der Waals surface area (Å²) in [5, 5.41) is 2.86. The summed E-state index contributed by atoms with van der Waals surface area (Å²) < 4.78 is 31.6. The third-order valence-electron chi connectivity index (χ3n) is 6.00. The van der Waals surface area contributed by atoms with Gasteiger partial charge >= 0.3 is 0 Å². The Morgan fingerprint density at radius 2 is 1.81 bits per heavy atom. The van der Waals surface area contributed by atoms with Crippen LogP contribution in [0.25, 0.3) is 0 Å². The molecule has 0 spiro atoms. The minimum atomic E-state index is -3.93. The molecule has 194 valence electrons. The van der Waals surface area contributed by atoms with Gasteiger partial charge in [0, 0.05) is 26.1 Å². The van der Waals surface area contributed by atoms with Crippen molar-refractivity contribution < 1.29 is 27.5 Å². The Kier molecular flexibility index (Phi) is 8.73. The Bertz CT molecular complexity index is 1230. The maximum Gasteiger partial charge on any atom is 0.269 e. The molecule has 1 N–H and O–H groups in total. The highest BCUT2D eigenvalue weighted by Gasteiger charge is 2.40. The second-order valence-corrected chi connectivity index (χ2v) is 11.0. The first-order valence-corrected chi connectivity index (χ1v) is 13.4. The number of nitrogens with zero attached hydrogens (tertiary/aromatic N) is 2. The van der Waals surface area contributed by atoms with Crippen molar-refractivity contribution >= 4 is 27.7 Å². The number of ether oxygens (including phenoxy) is 1. The molecule has 36 heavy (non-hydrogen) atoms. The molecule has 2 aromatic carbocycles. The number of benzene rings is 2. The van der Waals surface area contributed by atoms with Gasteiger partial charge in [0.05, 0.1) is 12.7 Å². The third kappa shape index (κ3) is 6.04. The number of hydrogen-bond donors (Lipinski definition) is 1. The summed E-state index contributed by atoms with van der Waals surface area (Å²) in [6.07, 6.45) is 0.105. The first kappa shape index (κ1) is 27.2. The highest BCUT2D eigenvalue weighted by molar-refractivity contribution is 7.90. The topological polar surface area (TPSA) is 113 Å². The number of carbonyl (C=O) groups is 3. The molecule has 3 rings (SSSR count). The molecular weight excluding hydrogens is 482 g/mol. The van der Waals surface area contributed by atoms with Crippen molar-refractivity contribution in [1.29, 1.82) is 0 Å². The van der Waals surface area contributed by atoms with E-state index in [1.807, 2.05) is 26.0 Å². The minimum absolute atomic E-state index is 0.0172. The van der Waals surface area contributed by atoms with Crippen LogP contribution >= 0.6 is 0 Å². The molecule has 1 aliphatic rings. The first-order chi connectivity index (χ1) is 17.1. The summed E-state index contributed by atoms with van der Waals surface area (Å²) >= 11 is 0. The van der Waals surface area contributed by atoms with Crippen molar-refractivity contribution in [3.63, 3.8) is 0 Å². The van der Waals surface area contributed by atoms with E-state index in [9.17, 15) is 22.8 Å². The lowest BCUT2D eigenvalue weighted by atomic mass is 10.1. The largest absolute Gasteiger partial charge is 0.497 e. The molecule has 9 nitrogen and oxygen atoms in total. The standard InChI is InChI=1S/C26H33N3O6S/c1-18(2)16-27-25(31)19(3)28(17-20-9-7-10-21(15-20)35-4)24(30)13-8-14-29-26(32)22-11-5-6-12-23(22)36(29,33)34/h5-7,9-12,15,18-19H,8,13-14,16-17H2,1-4H3,(H,27,31)/t19-/m1/s1. The predicted molar refractivity (Wildman–Crippen MR) is 135 cm³/mol. The van der Waals surface area contributed by atoms with Crippen LogP contribution in [0, 0.1) is 5.92 Å². The Labute approximate surface area is 212 Å². The molecule has 3 amide bonds. The second kappa shape index (κ2) is 11.6. The summed E-state index contributed by atoms with van der Waals surface area (Å²) in [6, 6.07) is 12.6. The van der Waals surface area contributed by atoms with E-state index in [4.69, 9.17) is 4.74 Å². The van der Waals surface area contributed by atoms with Gasteiger partial charge in [0.2, 0.25) is 11.8 Å². The molecule has 10 heteroatoms.